The van der Waals surface area contributed by atoms with E-state index in [1.54, 1.807) is 19.9 Å². The van der Waals surface area contributed by atoms with Gasteiger partial charge in [-0.05, 0) is 45.6 Å². The van der Waals surface area contributed by atoms with Crippen LogP contribution in [0.2, 0.25) is 0 Å². The van der Waals surface area contributed by atoms with E-state index in [0.29, 0.717) is 5.57 Å². The fraction of sp³-hybridized carbons (Fsp3) is 0.778. The Labute approximate surface area is 142 Å². The van der Waals surface area contributed by atoms with E-state index in [2.05, 4.69) is 4.90 Å². The first-order chi connectivity index (χ1) is 11.3. The Hall–Kier alpha value is -1.40. The van der Waals surface area contributed by atoms with Gasteiger partial charge >= 0.3 is 11.9 Å². The number of allylic oxidation sites excluding steroid dienone is 1. The molecule has 0 saturated carbocycles. The summed E-state index contributed by atoms with van der Waals surface area (Å²) in [6.45, 7) is 7.11. The molecule has 134 valence electrons. The smallest absolute Gasteiger partial charge is 0.338 e. The van der Waals surface area contributed by atoms with Gasteiger partial charge in [0.25, 0.3) is 0 Å². The van der Waals surface area contributed by atoms with Crippen LogP contribution in [0.5, 0.6) is 0 Å². The lowest BCUT2D eigenvalue weighted by molar-refractivity contribution is -0.172. The third-order valence-electron chi connectivity index (χ3n) is 5.97. The van der Waals surface area contributed by atoms with Gasteiger partial charge in [-0.15, -0.1) is 0 Å². The fourth-order valence-corrected chi connectivity index (χ4v) is 4.11. The number of cyclic esters (lactones) is 1. The lowest BCUT2D eigenvalue weighted by Gasteiger charge is -2.32. The molecule has 0 aromatic rings. The SMILES string of the molecule is C/C=C1\CC(C)C(C)(O)C(=O)OCC2CCN3CCC(OC1=O)C23. The van der Waals surface area contributed by atoms with Crippen molar-refractivity contribution < 1.29 is 24.2 Å². The van der Waals surface area contributed by atoms with Crippen LogP contribution in [-0.4, -0.2) is 59.4 Å². The Kier molecular flexibility index (Phi) is 4.71. The van der Waals surface area contributed by atoms with E-state index in [-0.39, 0.29) is 37.1 Å². The summed E-state index contributed by atoms with van der Waals surface area (Å²) < 4.78 is 11.3. The summed E-state index contributed by atoms with van der Waals surface area (Å²) in [4.78, 5) is 27.3. The molecule has 0 aliphatic carbocycles. The van der Waals surface area contributed by atoms with E-state index in [4.69, 9.17) is 9.47 Å². The maximum absolute atomic E-state index is 12.6. The zero-order valence-electron chi connectivity index (χ0n) is 14.7. The molecule has 3 fully saturated rings. The minimum absolute atomic E-state index is 0.113. The first-order valence-corrected chi connectivity index (χ1v) is 8.84. The average Bonchev–Trinajstić information content (AvgIpc) is 3.12. The Morgan fingerprint density at radius 3 is 2.71 bits per heavy atom. The summed E-state index contributed by atoms with van der Waals surface area (Å²) in [7, 11) is 0. The normalized spacial score (nSPS) is 42.9. The third kappa shape index (κ3) is 2.97. The first-order valence-electron chi connectivity index (χ1n) is 8.84. The largest absolute Gasteiger partial charge is 0.463 e. The summed E-state index contributed by atoms with van der Waals surface area (Å²) in [5.41, 5.74) is -1.12. The summed E-state index contributed by atoms with van der Waals surface area (Å²) in [5, 5.41) is 10.6. The number of ether oxygens (including phenoxy) is 2. The highest BCUT2D eigenvalue weighted by atomic mass is 16.6. The molecule has 0 radical (unpaired) electrons. The van der Waals surface area contributed by atoms with Crippen molar-refractivity contribution >= 4 is 11.9 Å². The van der Waals surface area contributed by atoms with E-state index >= 15 is 0 Å². The van der Waals surface area contributed by atoms with Gasteiger partial charge in [0.15, 0.2) is 5.60 Å². The van der Waals surface area contributed by atoms with Crippen molar-refractivity contribution in [2.24, 2.45) is 11.8 Å². The Morgan fingerprint density at radius 1 is 1.29 bits per heavy atom. The van der Waals surface area contributed by atoms with E-state index in [1.165, 1.54) is 6.92 Å². The van der Waals surface area contributed by atoms with Crippen LogP contribution >= 0.6 is 0 Å². The molecular formula is C18H27NO5. The van der Waals surface area contributed by atoms with Crippen molar-refractivity contribution in [2.75, 3.05) is 19.7 Å². The minimum atomic E-state index is -1.62. The average molecular weight is 337 g/mol. The number of nitrogens with zero attached hydrogens (tertiary/aromatic N) is 1. The second-order valence-corrected chi connectivity index (χ2v) is 7.47. The highest BCUT2D eigenvalue weighted by Crippen LogP contribution is 2.36. The van der Waals surface area contributed by atoms with Crippen LogP contribution < -0.4 is 0 Å². The second-order valence-electron chi connectivity index (χ2n) is 7.47. The molecule has 3 saturated heterocycles. The molecule has 1 N–H and O–H groups in total. The lowest BCUT2D eigenvalue weighted by atomic mass is 9.85. The summed E-state index contributed by atoms with van der Waals surface area (Å²) >= 11 is 0. The summed E-state index contributed by atoms with van der Waals surface area (Å²) in [6, 6.07) is 0.113. The van der Waals surface area contributed by atoms with Crippen LogP contribution in [0.3, 0.4) is 0 Å². The molecule has 3 rings (SSSR count). The molecule has 0 amide bonds. The zero-order valence-corrected chi connectivity index (χ0v) is 14.7. The van der Waals surface area contributed by atoms with Crippen molar-refractivity contribution in [3.63, 3.8) is 0 Å². The predicted octanol–water partition coefficient (Wildman–Crippen LogP) is 1.27. The zero-order chi connectivity index (χ0) is 17.5. The number of hydrogen-bond donors (Lipinski definition) is 1. The number of rotatable bonds is 0. The number of aliphatic hydroxyl groups is 1. The molecule has 5 atom stereocenters. The van der Waals surface area contributed by atoms with Gasteiger partial charge in [-0.3, -0.25) is 4.90 Å². The van der Waals surface area contributed by atoms with E-state index in [0.717, 1.165) is 25.9 Å². The Balaban J connectivity index is 1.89. The summed E-state index contributed by atoms with van der Waals surface area (Å²) in [5.74, 6) is -1.23. The van der Waals surface area contributed by atoms with Gasteiger partial charge in [0.05, 0.1) is 12.6 Å². The summed E-state index contributed by atoms with van der Waals surface area (Å²) in [6.07, 6.45) is 3.59. The molecule has 3 aliphatic rings. The number of carbonyl (C=O) groups is 2. The van der Waals surface area contributed by atoms with Crippen LogP contribution in [-0.2, 0) is 19.1 Å². The van der Waals surface area contributed by atoms with Crippen LogP contribution in [0.25, 0.3) is 0 Å². The fourth-order valence-electron chi connectivity index (χ4n) is 4.11. The van der Waals surface area contributed by atoms with E-state index in [1.807, 2.05) is 0 Å². The quantitative estimate of drug-likeness (QED) is 0.530. The number of carbonyl (C=O) groups excluding carboxylic acids is 2. The van der Waals surface area contributed by atoms with Gasteiger partial charge in [0.2, 0.25) is 0 Å². The molecule has 6 heteroatoms. The monoisotopic (exact) mass is 337 g/mol. The van der Waals surface area contributed by atoms with Gasteiger partial charge in [-0.25, -0.2) is 9.59 Å². The second kappa shape index (κ2) is 6.48. The highest BCUT2D eigenvalue weighted by molar-refractivity contribution is 5.89. The van der Waals surface area contributed by atoms with Crippen molar-refractivity contribution in [1.29, 1.82) is 0 Å². The molecular weight excluding hydrogens is 310 g/mol. The molecule has 24 heavy (non-hydrogen) atoms. The molecule has 0 bridgehead atoms. The van der Waals surface area contributed by atoms with Gasteiger partial charge < -0.3 is 14.6 Å². The van der Waals surface area contributed by atoms with Crippen molar-refractivity contribution in [3.8, 4) is 0 Å². The Bertz CT molecular complexity index is 556. The Morgan fingerprint density at radius 2 is 2.00 bits per heavy atom. The molecule has 3 aliphatic heterocycles. The van der Waals surface area contributed by atoms with Crippen molar-refractivity contribution in [3.05, 3.63) is 11.6 Å². The molecule has 0 aromatic carbocycles. The van der Waals surface area contributed by atoms with E-state index < -0.39 is 17.5 Å². The third-order valence-corrected chi connectivity index (χ3v) is 5.97. The maximum Gasteiger partial charge on any atom is 0.338 e. The van der Waals surface area contributed by atoms with Crippen LogP contribution in [0.15, 0.2) is 11.6 Å². The molecule has 3 heterocycles. The van der Waals surface area contributed by atoms with Gasteiger partial charge in [0, 0.05) is 18.0 Å². The van der Waals surface area contributed by atoms with Crippen LogP contribution in [0.1, 0.15) is 40.0 Å². The van der Waals surface area contributed by atoms with Gasteiger partial charge in [-0.2, -0.15) is 0 Å². The van der Waals surface area contributed by atoms with Crippen molar-refractivity contribution in [2.45, 2.75) is 57.8 Å². The van der Waals surface area contributed by atoms with Crippen LogP contribution in [0.4, 0.5) is 0 Å². The lowest BCUT2D eigenvalue weighted by Crippen LogP contribution is -2.46. The predicted molar refractivity (Wildman–Crippen MR) is 87.1 cm³/mol. The number of esters is 2. The molecule has 5 unspecified atom stereocenters. The molecule has 0 spiro atoms. The molecule has 0 aromatic heterocycles. The standard InChI is InChI=1S/C18H27NO5/c1-4-12-9-11(2)18(3,22)17(21)23-10-13-5-7-19-8-6-14(15(13)19)24-16(12)20/h4,11,13-15,22H,5-10H2,1-3H3/b12-4+. The topological polar surface area (TPSA) is 76.1 Å². The first kappa shape index (κ1) is 17.4. The van der Waals surface area contributed by atoms with Gasteiger partial charge in [0.1, 0.15) is 6.10 Å². The number of hydrogen-bond acceptors (Lipinski definition) is 6. The minimum Gasteiger partial charge on any atom is -0.463 e. The van der Waals surface area contributed by atoms with Crippen molar-refractivity contribution in [1.82, 2.24) is 4.90 Å². The van der Waals surface area contributed by atoms with E-state index in [9.17, 15) is 14.7 Å². The van der Waals surface area contributed by atoms with Crippen LogP contribution in [0, 0.1) is 11.8 Å². The highest BCUT2D eigenvalue weighted by Gasteiger charge is 2.48. The molecule has 6 nitrogen and oxygen atoms in total. The maximum atomic E-state index is 12.6. The van der Waals surface area contributed by atoms with Gasteiger partial charge in [-0.1, -0.05) is 13.0 Å².